The number of hydrogen-bond donors (Lipinski definition) is 1. The van der Waals surface area contributed by atoms with E-state index in [9.17, 15) is 8.42 Å². The number of hydrogen-bond acceptors (Lipinski definition) is 4. The molecule has 0 aliphatic heterocycles. The smallest absolute Gasteiger partial charge is 0.243 e. The highest BCUT2D eigenvalue weighted by atomic mass is 32.2. The zero-order valence-electron chi connectivity index (χ0n) is 12.5. The van der Waals surface area contributed by atoms with Gasteiger partial charge in [0.05, 0.1) is 4.90 Å². The van der Waals surface area contributed by atoms with Crippen LogP contribution in [0.3, 0.4) is 0 Å². The maximum atomic E-state index is 12.5. The summed E-state index contributed by atoms with van der Waals surface area (Å²) in [5, 5.41) is 0. The third-order valence-electron chi connectivity index (χ3n) is 3.36. The molecule has 0 amide bonds. The van der Waals surface area contributed by atoms with Crippen molar-refractivity contribution in [1.82, 2.24) is 4.31 Å². The first-order valence-corrected chi connectivity index (χ1v) is 8.94. The molecule has 0 aliphatic rings. The fourth-order valence-electron chi connectivity index (χ4n) is 1.82. The van der Waals surface area contributed by atoms with Crippen molar-refractivity contribution in [3.8, 4) is 11.5 Å². The van der Waals surface area contributed by atoms with Crippen LogP contribution in [-0.4, -0.2) is 31.6 Å². The van der Waals surface area contributed by atoms with Crippen LogP contribution < -0.4 is 4.74 Å². The van der Waals surface area contributed by atoms with E-state index in [0.29, 0.717) is 17.3 Å². The van der Waals surface area contributed by atoms with E-state index in [-0.39, 0.29) is 10.9 Å². The molecule has 0 N–H and O–H groups in total. The highest BCUT2D eigenvalue weighted by molar-refractivity contribution is 7.89. The Bertz CT molecular complexity index is 700. The van der Waals surface area contributed by atoms with E-state index in [4.69, 9.17) is 4.74 Å². The van der Waals surface area contributed by atoms with Crippen molar-refractivity contribution < 1.29 is 13.2 Å². The molecule has 0 aliphatic carbocycles. The van der Waals surface area contributed by atoms with Crippen LogP contribution in [0.15, 0.2) is 59.5 Å². The lowest BCUT2D eigenvalue weighted by atomic mass is 10.3. The molecule has 4 nitrogen and oxygen atoms in total. The van der Waals surface area contributed by atoms with E-state index in [2.05, 4.69) is 12.6 Å². The Morgan fingerprint density at radius 2 is 1.59 bits per heavy atom. The topological polar surface area (TPSA) is 46.6 Å². The van der Waals surface area contributed by atoms with Gasteiger partial charge in [-0.1, -0.05) is 18.2 Å². The quantitative estimate of drug-likeness (QED) is 0.822. The molecular formula is C16H19NO3S2. The number of sulfonamides is 1. The van der Waals surface area contributed by atoms with Gasteiger partial charge in [0.25, 0.3) is 0 Å². The molecule has 0 spiro atoms. The second-order valence-corrected chi connectivity index (χ2v) is 7.30. The van der Waals surface area contributed by atoms with E-state index in [1.165, 1.54) is 4.31 Å². The second kappa shape index (κ2) is 7.17. The summed E-state index contributed by atoms with van der Waals surface area (Å²) >= 11 is 4.14. The van der Waals surface area contributed by atoms with Crippen LogP contribution in [0.5, 0.6) is 11.5 Å². The van der Waals surface area contributed by atoms with Crippen LogP contribution in [0.4, 0.5) is 0 Å². The highest BCUT2D eigenvalue weighted by Crippen LogP contribution is 2.24. The maximum absolute atomic E-state index is 12.5. The summed E-state index contributed by atoms with van der Waals surface area (Å²) in [4.78, 5) is 0.240. The molecule has 1 atom stereocenters. The van der Waals surface area contributed by atoms with Gasteiger partial charge >= 0.3 is 0 Å². The summed E-state index contributed by atoms with van der Waals surface area (Å²) in [5.41, 5.74) is 0. The van der Waals surface area contributed by atoms with Crippen molar-refractivity contribution in [2.24, 2.45) is 0 Å². The Balaban J connectivity index is 2.18. The third kappa shape index (κ3) is 3.82. The molecule has 2 rings (SSSR count). The van der Waals surface area contributed by atoms with Crippen LogP contribution >= 0.6 is 12.6 Å². The maximum Gasteiger partial charge on any atom is 0.243 e. The molecule has 0 saturated carbocycles. The van der Waals surface area contributed by atoms with Gasteiger partial charge in [0.15, 0.2) is 0 Å². The molecule has 0 saturated heterocycles. The van der Waals surface area contributed by atoms with Crippen molar-refractivity contribution in [3.05, 3.63) is 54.6 Å². The predicted molar refractivity (Wildman–Crippen MR) is 91.2 cm³/mol. The molecule has 0 radical (unpaired) electrons. The average Bonchev–Trinajstić information content (AvgIpc) is 2.55. The fraction of sp³-hybridized carbons (Fsp3) is 0.250. The minimum absolute atomic E-state index is 0.173. The van der Waals surface area contributed by atoms with Crippen LogP contribution in [0.1, 0.15) is 6.92 Å². The summed E-state index contributed by atoms with van der Waals surface area (Å²) in [5.74, 6) is 1.76. The molecule has 0 fully saturated rings. The zero-order valence-corrected chi connectivity index (χ0v) is 14.2. The van der Waals surface area contributed by atoms with Gasteiger partial charge in [-0.2, -0.15) is 16.9 Å². The first kappa shape index (κ1) is 16.9. The molecule has 0 aromatic heterocycles. The number of ether oxygens (including phenoxy) is 1. The molecule has 1 unspecified atom stereocenters. The molecular weight excluding hydrogens is 318 g/mol. The summed E-state index contributed by atoms with van der Waals surface area (Å²) in [7, 11) is -1.95. The Morgan fingerprint density at radius 3 is 2.14 bits per heavy atom. The first-order chi connectivity index (χ1) is 10.4. The van der Waals surface area contributed by atoms with E-state index in [1.54, 1.807) is 31.3 Å². The average molecular weight is 337 g/mol. The Labute approximate surface area is 137 Å². The summed E-state index contributed by atoms with van der Waals surface area (Å²) in [6, 6.07) is 15.6. The fourth-order valence-corrected chi connectivity index (χ4v) is 3.54. The Hall–Kier alpha value is -1.50. The summed E-state index contributed by atoms with van der Waals surface area (Å²) in [6.45, 7) is 1.82. The monoisotopic (exact) mass is 337 g/mol. The number of para-hydroxylation sites is 1. The lowest BCUT2D eigenvalue weighted by Gasteiger charge is -2.22. The zero-order chi connectivity index (χ0) is 16.2. The molecule has 118 valence electrons. The van der Waals surface area contributed by atoms with Crippen molar-refractivity contribution >= 4 is 22.7 Å². The van der Waals surface area contributed by atoms with Gasteiger partial charge in [0.1, 0.15) is 11.5 Å². The number of rotatable bonds is 6. The summed E-state index contributed by atoms with van der Waals surface area (Å²) in [6.07, 6.45) is 0. The molecule has 22 heavy (non-hydrogen) atoms. The minimum atomic E-state index is -3.51. The molecule has 0 heterocycles. The van der Waals surface area contributed by atoms with Gasteiger partial charge in [-0.05, 0) is 43.3 Å². The molecule has 2 aromatic rings. The normalized spacial score (nSPS) is 13.1. The first-order valence-electron chi connectivity index (χ1n) is 6.87. The van der Waals surface area contributed by atoms with E-state index in [0.717, 1.165) is 0 Å². The molecule has 0 bridgehead atoms. The van der Waals surface area contributed by atoms with Gasteiger partial charge in [-0.15, -0.1) is 0 Å². The van der Waals surface area contributed by atoms with E-state index >= 15 is 0 Å². The second-order valence-electron chi connectivity index (χ2n) is 4.94. The third-order valence-corrected chi connectivity index (χ3v) is 5.88. The highest BCUT2D eigenvalue weighted by Gasteiger charge is 2.24. The van der Waals surface area contributed by atoms with Gasteiger partial charge in [0, 0.05) is 18.8 Å². The lowest BCUT2D eigenvalue weighted by Crippen LogP contribution is -2.36. The van der Waals surface area contributed by atoms with Gasteiger partial charge in [0.2, 0.25) is 10.0 Å². The van der Waals surface area contributed by atoms with E-state index < -0.39 is 10.0 Å². The number of nitrogens with zero attached hydrogens (tertiary/aromatic N) is 1. The van der Waals surface area contributed by atoms with E-state index in [1.807, 2.05) is 37.3 Å². The van der Waals surface area contributed by atoms with Crippen molar-refractivity contribution in [1.29, 1.82) is 0 Å². The summed E-state index contributed by atoms with van der Waals surface area (Å²) < 4.78 is 31.9. The number of benzene rings is 2. The SMILES string of the molecule is CC(CS)N(C)S(=O)(=O)c1ccc(Oc2ccccc2)cc1. The van der Waals surface area contributed by atoms with Crippen LogP contribution in [0, 0.1) is 0 Å². The standard InChI is InChI=1S/C16H19NO3S2/c1-13(12-21)17(2)22(18,19)16-10-8-15(9-11-16)20-14-6-4-3-5-7-14/h3-11,13,21H,12H2,1-2H3. The minimum Gasteiger partial charge on any atom is -0.457 e. The molecule has 6 heteroatoms. The lowest BCUT2D eigenvalue weighted by molar-refractivity contribution is 0.415. The van der Waals surface area contributed by atoms with Crippen molar-refractivity contribution in [2.75, 3.05) is 12.8 Å². The predicted octanol–water partition coefficient (Wildman–Crippen LogP) is 3.42. The van der Waals surface area contributed by atoms with Crippen LogP contribution in [-0.2, 0) is 10.0 Å². The van der Waals surface area contributed by atoms with Crippen molar-refractivity contribution in [3.63, 3.8) is 0 Å². The Kier molecular flexibility index (Phi) is 5.50. The Morgan fingerprint density at radius 1 is 1.05 bits per heavy atom. The van der Waals surface area contributed by atoms with Gasteiger partial charge < -0.3 is 4.74 Å². The number of thiol groups is 1. The molecule has 2 aromatic carbocycles. The van der Waals surface area contributed by atoms with Gasteiger partial charge in [-0.25, -0.2) is 8.42 Å². The van der Waals surface area contributed by atoms with Crippen LogP contribution in [0.2, 0.25) is 0 Å². The van der Waals surface area contributed by atoms with Crippen LogP contribution in [0.25, 0.3) is 0 Å². The van der Waals surface area contributed by atoms with Gasteiger partial charge in [-0.3, -0.25) is 0 Å². The van der Waals surface area contributed by atoms with Crippen molar-refractivity contribution in [2.45, 2.75) is 17.9 Å². The largest absolute Gasteiger partial charge is 0.457 e.